The molecule has 4 rings (SSSR count). The molecule has 0 radical (unpaired) electrons. The first-order valence-electron chi connectivity index (χ1n) is 7.82. The minimum Gasteiger partial charge on any atom is -0.459 e. The molecule has 2 saturated carbocycles. The van der Waals surface area contributed by atoms with E-state index in [-0.39, 0.29) is 23.9 Å². The van der Waals surface area contributed by atoms with Gasteiger partial charge in [0.05, 0.1) is 17.9 Å². The summed E-state index contributed by atoms with van der Waals surface area (Å²) in [6, 6.07) is 7.77. The molecule has 1 N–H and O–H groups in total. The van der Waals surface area contributed by atoms with Gasteiger partial charge >= 0.3 is 11.9 Å². The maximum atomic E-state index is 12.6. The number of aliphatic hydroxyl groups is 1. The van der Waals surface area contributed by atoms with E-state index in [0.29, 0.717) is 6.42 Å². The number of carbonyl (C=O) groups is 2. The van der Waals surface area contributed by atoms with Gasteiger partial charge in [-0.3, -0.25) is 9.59 Å². The quantitative estimate of drug-likeness (QED) is 0.590. The summed E-state index contributed by atoms with van der Waals surface area (Å²) in [6.45, 7) is 1.82. The highest BCUT2D eigenvalue weighted by atomic mass is 127. The minimum atomic E-state index is -0.742. The van der Waals surface area contributed by atoms with Crippen molar-refractivity contribution in [3.63, 3.8) is 0 Å². The Labute approximate surface area is 147 Å². The van der Waals surface area contributed by atoms with Crippen LogP contribution in [0.25, 0.3) is 0 Å². The van der Waals surface area contributed by atoms with Gasteiger partial charge in [0.25, 0.3) is 0 Å². The summed E-state index contributed by atoms with van der Waals surface area (Å²) >= 11 is 2.22. The Morgan fingerprint density at radius 1 is 1.35 bits per heavy atom. The third-order valence-corrected chi connectivity index (χ3v) is 6.20. The molecular formula is C17H17IO5. The summed E-state index contributed by atoms with van der Waals surface area (Å²) in [7, 11) is 0. The van der Waals surface area contributed by atoms with Crippen molar-refractivity contribution in [1.29, 1.82) is 0 Å². The zero-order valence-corrected chi connectivity index (χ0v) is 14.7. The standard InChI is InChI=1S/C17H17IO5/c1-7(8-2-4-9(18)5-3-8)22-16(20)12-10-6-11-13(12)17(21)23-15(11)14(10)19/h2-5,7,10-15,19H,6H2,1H3. The van der Waals surface area contributed by atoms with Gasteiger partial charge < -0.3 is 14.6 Å². The number of aliphatic hydroxyl groups excluding tert-OH is 1. The second-order valence-corrected chi connectivity index (χ2v) is 7.88. The average molecular weight is 428 g/mol. The van der Waals surface area contributed by atoms with E-state index < -0.39 is 30.0 Å². The van der Waals surface area contributed by atoms with E-state index in [4.69, 9.17) is 9.47 Å². The highest BCUT2D eigenvalue weighted by molar-refractivity contribution is 14.1. The lowest BCUT2D eigenvalue weighted by molar-refractivity contribution is -0.160. The Bertz CT molecular complexity index is 657. The number of hydrogen-bond acceptors (Lipinski definition) is 5. The van der Waals surface area contributed by atoms with Crippen LogP contribution in [0.5, 0.6) is 0 Å². The number of hydrogen-bond donors (Lipinski definition) is 1. The van der Waals surface area contributed by atoms with Crippen LogP contribution in [0.15, 0.2) is 24.3 Å². The third-order valence-electron chi connectivity index (χ3n) is 5.48. The molecule has 7 unspecified atom stereocenters. The highest BCUT2D eigenvalue weighted by Crippen LogP contribution is 2.58. The van der Waals surface area contributed by atoms with Crippen LogP contribution in [0.2, 0.25) is 0 Å². The number of halogens is 1. The molecular weight excluding hydrogens is 411 g/mol. The molecule has 2 bridgehead atoms. The van der Waals surface area contributed by atoms with E-state index in [2.05, 4.69) is 22.6 Å². The Hall–Kier alpha value is -1.15. The van der Waals surface area contributed by atoms with Gasteiger partial charge in [0.1, 0.15) is 12.2 Å². The molecule has 1 aromatic rings. The molecule has 0 amide bonds. The van der Waals surface area contributed by atoms with Gasteiger partial charge in [-0.1, -0.05) is 12.1 Å². The molecule has 1 heterocycles. The zero-order valence-electron chi connectivity index (χ0n) is 12.5. The number of esters is 2. The van der Waals surface area contributed by atoms with Crippen molar-refractivity contribution >= 4 is 34.5 Å². The molecule has 7 atom stereocenters. The molecule has 0 aromatic heterocycles. The summed E-state index contributed by atoms with van der Waals surface area (Å²) in [5.41, 5.74) is 0.911. The van der Waals surface area contributed by atoms with E-state index >= 15 is 0 Å². The van der Waals surface area contributed by atoms with Crippen molar-refractivity contribution in [3.05, 3.63) is 33.4 Å². The van der Waals surface area contributed by atoms with E-state index in [0.717, 1.165) is 9.13 Å². The fourth-order valence-electron chi connectivity index (χ4n) is 4.39. The molecule has 1 aliphatic heterocycles. The smallest absolute Gasteiger partial charge is 0.310 e. The molecule has 3 fully saturated rings. The first-order chi connectivity index (χ1) is 11.0. The molecule has 2 aliphatic carbocycles. The minimum absolute atomic E-state index is 0.0336. The van der Waals surface area contributed by atoms with E-state index in [1.54, 1.807) is 0 Å². The first-order valence-corrected chi connectivity index (χ1v) is 8.90. The van der Waals surface area contributed by atoms with Crippen molar-refractivity contribution in [3.8, 4) is 0 Å². The average Bonchev–Trinajstić information content (AvgIpc) is 3.12. The predicted octanol–water partition coefficient (Wildman–Crippen LogP) is 2.06. The number of fused-ring (bicyclic) bond motifs is 1. The summed E-state index contributed by atoms with van der Waals surface area (Å²) < 4.78 is 11.9. The summed E-state index contributed by atoms with van der Waals surface area (Å²) in [5.74, 6) is -2.03. The fourth-order valence-corrected chi connectivity index (χ4v) is 4.75. The number of rotatable bonds is 3. The number of ether oxygens (including phenoxy) is 2. The largest absolute Gasteiger partial charge is 0.459 e. The molecule has 0 spiro atoms. The van der Waals surface area contributed by atoms with Crippen molar-refractivity contribution in [2.24, 2.45) is 23.7 Å². The van der Waals surface area contributed by atoms with Gasteiger partial charge in [0.2, 0.25) is 0 Å². The van der Waals surface area contributed by atoms with E-state index in [1.807, 2.05) is 31.2 Å². The van der Waals surface area contributed by atoms with Gasteiger partial charge in [-0.2, -0.15) is 0 Å². The molecule has 23 heavy (non-hydrogen) atoms. The second kappa shape index (κ2) is 5.44. The summed E-state index contributed by atoms with van der Waals surface area (Å²) in [4.78, 5) is 24.6. The fraction of sp³-hybridized carbons (Fsp3) is 0.529. The lowest BCUT2D eigenvalue weighted by atomic mass is 9.78. The van der Waals surface area contributed by atoms with Gasteiger partial charge in [-0.25, -0.2) is 0 Å². The van der Waals surface area contributed by atoms with Crippen LogP contribution in [0.4, 0.5) is 0 Å². The van der Waals surface area contributed by atoms with Crippen molar-refractivity contribution < 1.29 is 24.2 Å². The van der Waals surface area contributed by atoms with Crippen LogP contribution in [0, 0.1) is 27.2 Å². The molecule has 5 nitrogen and oxygen atoms in total. The molecule has 6 heteroatoms. The number of benzene rings is 1. The van der Waals surface area contributed by atoms with Gasteiger partial charge in [-0.15, -0.1) is 0 Å². The van der Waals surface area contributed by atoms with Crippen LogP contribution in [0.1, 0.15) is 25.0 Å². The lowest BCUT2D eigenvalue weighted by Crippen LogP contribution is -2.41. The van der Waals surface area contributed by atoms with Crippen molar-refractivity contribution in [2.45, 2.75) is 31.7 Å². The van der Waals surface area contributed by atoms with Crippen LogP contribution in [0.3, 0.4) is 0 Å². The van der Waals surface area contributed by atoms with Gasteiger partial charge in [0.15, 0.2) is 0 Å². The molecule has 1 saturated heterocycles. The van der Waals surface area contributed by atoms with Crippen LogP contribution < -0.4 is 0 Å². The zero-order chi connectivity index (χ0) is 16.3. The van der Waals surface area contributed by atoms with Crippen molar-refractivity contribution in [2.75, 3.05) is 0 Å². The Morgan fingerprint density at radius 3 is 2.74 bits per heavy atom. The van der Waals surface area contributed by atoms with Crippen molar-refractivity contribution in [1.82, 2.24) is 0 Å². The van der Waals surface area contributed by atoms with E-state index in [1.165, 1.54) is 0 Å². The van der Waals surface area contributed by atoms with E-state index in [9.17, 15) is 14.7 Å². The molecule has 122 valence electrons. The SMILES string of the molecule is CC(OC(=O)C1C2CC3C(OC(=O)C31)C2O)c1ccc(I)cc1. The number of carbonyl (C=O) groups excluding carboxylic acids is 2. The second-order valence-electron chi connectivity index (χ2n) is 6.64. The third kappa shape index (κ3) is 2.29. The Morgan fingerprint density at radius 2 is 2.04 bits per heavy atom. The lowest BCUT2D eigenvalue weighted by Gasteiger charge is -2.28. The Balaban J connectivity index is 1.51. The maximum absolute atomic E-state index is 12.6. The molecule has 1 aromatic carbocycles. The first kappa shape index (κ1) is 15.4. The van der Waals surface area contributed by atoms with Crippen LogP contribution in [-0.2, 0) is 19.1 Å². The van der Waals surface area contributed by atoms with Gasteiger partial charge in [-0.05, 0) is 53.6 Å². The Kier molecular flexibility index (Phi) is 3.64. The topological polar surface area (TPSA) is 72.8 Å². The monoisotopic (exact) mass is 428 g/mol. The normalized spacial score (nSPS) is 38.5. The summed E-state index contributed by atoms with van der Waals surface area (Å²) in [5, 5.41) is 10.2. The highest BCUT2D eigenvalue weighted by Gasteiger charge is 2.68. The summed E-state index contributed by atoms with van der Waals surface area (Å²) in [6.07, 6.45) is -0.882. The van der Waals surface area contributed by atoms with Crippen LogP contribution in [-0.4, -0.2) is 29.3 Å². The van der Waals surface area contributed by atoms with Crippen LogP contribution >= 0.6 is 22.6 Å². The molecule has 3 aliphatic rings. The van der Waals surface area contributed by atoms with Gasteiger partial charge in [0, 0.05) is 15.4 Å². The predicted molar refractivity (Wildman–Crippen MR) is 88.1 cm³/mol. The maximum Gasteiger partial charge on any atom is 0.310 e.